The van der Waals surface area contributed by atoms with Crippen molar-refractivity contribution >= 4 is 46.2 Å². The van der Waals surface area contributed by atoms with Gasteiger partial charge in [-0.05, 0) is 68.2 Å². The van der Waals surface area contributed by atoms with Crippen LogP contribution in [0.4, 0.5) is 29.0 Å². The Morgan fingerprint density at radius 2 is 1.55 bits per heavy atom. The Hall–Kier alpha value is -4.59. The number of nitrogens with one attached hydrogen (secondary N) is 2. The lowest BCUT2D eigenvalue weighted by Gasteiger charge is -2.40. The minimum Gasteiger partial charge on any atom is -0.369 e. The van der Waals surface area contributed by atoms with Crippen molar-refractivity contribution in [2.24, 2.45) is 0 Å². The second-order valence-corrected chi connectivity index (χ2v) is 14.5. The van der Waals surface area contributed by atoms with E-state index in [4.69, 9.17) is 9.97 Å². The first-order valence-corrected chi connectivity index (χ1v) is 18.5. The zero-order valence-corrected chi connectivity index (χ0v) is 29.6. The number of carbonyl (C=O) groups is 2. The molecule has 6 heterocycles. The number of aliphatic hydroxyl groups excluding tert-OH is 1. The number of carbonyl (C=O) groups excluding carboxylic acids is 2. The molecule has 13 heteroatoms. The molecule has 0 spiro atoms. The number of anilines is 5. The smallest absolute Gasteiger partial charge is 0.251 e. The van der Waals surface area contributed by atoms with Gasteiger partial charge in [-0.15, -0.1) is 0 Å². The molecule has 3 N–H and O–H groups in total. The summed E-state index contributed by atoms with van der Waals surface area (Å²) in [5, 5.41) is 17.5. The molecule has 13 nitrogen and oxygen atoms in total. The lowest BCUT2D eigenvalue weighted by atomic mass is 9.93. The molecule has 1 amide bonds. The third-order valence-corrected chi connectivity index (χ3v) is 11.4. The first-order chi connectivity index (χ1) is 24.8. The van der Waals surface area contributed by atoms with E-state index in [1.165, 1.54) is 12.6 Å². The number of amides is 1. The molecule has 2 aromatic heterocycles. The molecular weight excluding hydrogens is 644 g/mol. The van der Waals surface area contributed by atoms with Gasteiger partial charge in [-0.3, -0.25) is 19.4 Å². The number of piperazine rings is 2. The van der Waals surface area contributed by atoms with Crippen molar-refractivity contribution in [3.05, 3.63) is 65.0 Å². The SMILES string of the molecule is CC(=O)C1=C(C)c2cnc(Nc3ccc(N4CCN(CCN5CCN(c6ccc7c(c6)CNC7=O)CC5)CC4)cn3)nc2N(C2CCCC2)C1O. The van der Waals surface area contributed by atoms with Gasteiger partial charge in [-0.25, -0.2) is 9.97 Å². The van der Waals surface area contributed by atoms with Crippen LogP contribution >= 0.6 is 0 Å². The van der Waals surface area contributed by atoms with Crippen molar-refractivity contribution in [1.82, 2.24) is 30.1 Å². The van der Waals surface area contributed by atoms with Gasteiger partial charge in [0.25, 0.3) is 5.91 Å². The van der Waals surface area contributed by atoms with Gasteiger partial charge in [0.15, 0.2) is 12.0 Å². The lowest BCUT2D eigenvalue weighted by Crippen LogP contribution is -2.51. The van der Waals surface area contributed by atoms with Crippen LogP contribution in [0.15, 0.2) is 48.3 Å². The molecule has 3 fully saturated rings. The molecule has 4 aliphatic heterocycles. The molecule has 8 rings (SSSR count). The first-order valence-electron chi connectivity index (χ1n) is 18.5. The van der Waals surface area contributed by atoms with Gasteiger partial charge in [0.2, 0.25) is 5.95 Å². The van der Waals surface area contributed by atoms with Crippen molar-refractivity contribution in [3.8, 4) is 0 Å². The molecule has 0 radical (unpaired) electrons. The predicted octanol–water partition coefficient (Wildman–Crippen LogP) is 3.25. The van der Waals surface area contributed by atoms with Gasteiger partial charge in [-0.1, -0.05) is 12.8 Å². The molecule has 51 heavy (non-hydrogen) atoms. The van der Waals surface area contributed by atoms with E-state index in [2.05, 4.69) is 53.4 Å². The fourth-order valence-corrected chi connectivity index (χ4v) is 8.41. The van der Waals surface area contributed by atoms with E-state index in [9.17, 15) is 14.7 Å². The molecule has 3 aromatic rings. The highest BCUT2D eigenvalue weighted by Gasteiger charge is 2.39. The number of pyridine rings is 1. The fourth-order valence-electron chi connectivity index (χ4n) is 8.41. The number of hydrogen-bond acceptors (Lipinski definition) is 12. The maximum atomic E-state index is 12.5. The van der Waals surface area contributed by atoms with E-state index in [0.29, 0.717) is 29.7 Å². The Labute approximate surface area is 299 Å². The number of hydrogen-bond donors (Lipinski definition) is 3. The van der Waals surface area contributed by atoms with E-state index in [1.807, 2.05) is 30.2 Å². The number of rotatable bonds is 9. The lowest BCUT2D eigenvalue weighted by molar-refractivity contribution is -0.114. The highest BCUT2D eigenvalue weighted by atomic mass is 16.3. The summed E-state index contributed by atoms with van der Waals surface area (Å²) >= 11 is 0. The van der Waals surface area contributed by atoms with Crippen LogP contribution in [0.25, 0.3) is 5.57 Å². The Morgan fingerprint density at radius 1 is 0.882 bits per heavy atom. The maximum Gasteiger partial charge on any atom is 0.251 e. The van der Waals surface area contributed by atoms with E-state index < -0.39 is 6.23 Å². The van der Waals surface area contributed by atoms with Gasteiger partial charge in [0.1, 0.15) is 11.6 Å². The molecule has 0 bridgehead atoms. The van der Waals surface area contributed by atoms with Crippen LogP contribution in [0.1, 0.15) is 61.0 Å². The van der Waals surface area contributed by atoms with Gasteiger partial charge >= 0.3 is 0 Å². The minimum absolute atomic E-state index is 0.0380. The number of allylic oxidation sites excluding steroid dienone is 1. The minimum atomic E-state index is -1.01. The second-order valence-electron chi connectivity index (χ2n) is 14.5. The van der Waals surface area contributed by atoms with Crippen molar-refractivity contribution in [2.75, 3.05) is 85.5 Å². The van der Waals surface area contributed by atoms with Crippen molar-refractivity contribution in [3.63, 3.8) is 0 Å². The summed E-state index contributed by atoms with van der Waals surface area (Å²) in [5.74, 6) is 1.64. The van der Waals surface area contributed by atoms with Gasteiger partial charge in [0, 0.05) is 107 Å². The Kier molecular flexibility index (Phi) is 9.34. The monoisotopic (exact) mass is 692 g/mol. The fraction of sp³-hybridized carbons (Fsp3) is 0.500. The maximum absolute atomic E-state index is 12.5. The van der Waals surface area contributed by atoms with Gasteiger partial charge in [-0.2, -0.15) is 4.98 Å². The predicted molar refractivity (Wildman–Crippen MR) is 198 cm³/mol. The average Bonchev–Trinajstić information content (AvgIpc) is 3.81. The van der Waals surface area contributed by atoms with Gasteiger partial charge < -0.3 is 30.4 Å². The van der Waals surface area contributed by atoms with Crippen LogP contribution in [-0.4, -0.2) is 119 Å². The van der Waals surface area contributed by atoms with Crippen LogP contribution in [-0.2, 0) is 11.3 Å². The number of aromatic nitrogens is 3. The van der Waals surface area contributed by atoms with Crippen molar-refractivity contribution in [1.29, 1.82) is 0 Å². The van der Waals surface area contributed by atoms with E-state index in [-0.39, 0.29) is 17.7 Å². The zero-order valence-electron chi connectivity index (χ0n) is 29.6. The summed E-state index contributed by atoms with van der Waals surface area (Å²) in [5.41, 5.74) is 6.19. The summed E-state index contributed by atoms with van der Waals surface area (Å²) in [7, 11) is 0. The molecular formula is C38H48N10O3. The second kappa shape index (κ2) is 14.2. The number of Topliss-reactive ketones (excluding diaryl/α,β-unsaturated/α-hetero) is 1. The van der Waals surface area contributed by atoms with Crippen LogP contribution in [0, 0.1) is 0 Å². The molecule has 1 aromatic carbocycles. The Bertz CT molecular complexity index is 1810. The topological polar surface area (TPSA) is 133 Å². The zero-order chi connectivity index (χ0) is 35.1. The molecule has 1 unspecified atom stereocenters. The average molecular weight is 693 g/mol. The summed E-state index contributed by atoms with van der Waals surface area (Å²) in [4.78, 5) is 50.4. The third kappa shape index (κ3) is 6.77. The van der Waals surface area contributed by atoms with Crippen LogP contribution in [0.2, 0.25) is 0 Å². The van der Waals surface area contributed by atoms with Crippen LogP contribution in [0.3, 0.4) is 0 Å². The van der Waals surface area contributed by atoms with Crippen LogP contribution in [0.5, 0.6) is 0 Å². The summed E-state index contributed by atoms with van der Waals surface area (Å²) in [6.45, 7) is 14.2. The summed E-state index contributed by atoms with van der Waals surface area (Å²) < 4.78 is 0. The molecule has 268 valence electrons. The van der Waals surface area contributed by atoms with Crippen molar-refractivity contribution < 1.29 is 14.7 Å². The third-order valence-electron chi connectivity index (χ3n) is 11.4. The van der Waals surface area contributed by atoms with Gasteiger partial charge in [0.05, 0.1) is 11.9 Å². The highest BCUT2D eigenvalue weighted by molar-refractivity contribution is 6.04. The Morgan fingerprint density at radius 3 is 2.20 bits per heavy atom. The standard InChI is InChI=1S/C38H48N10O3/c1-25-32-24-41-38(43-35(32)48(28-5-3-4-6-28)37(51)34(25)26(2)49)42-33-10-8-30(23-39-33)47-19-15-45(16-20-47)12-11-44-13-17-46(18-14-44)29-7-9-31-27(21-29)22-40-36(31)50/h7-10,21,23-24,28,37,51H,3-6,11-20,22H2,1-2H3,(H,40,50)(H,39,41,42,43). The summed E-state index contributed by atoms with van der Waals surface area (Å²) in [6.07, 6.45) is 6.77. The van der Waals surface area contributed by atoms with E-state index >= 15 is 0 Å². The number of benzene rings is 1. The van der Waals surface area contributed by atoms with E-state index in [0.717, 1.165) is 119 Å². The Balaban J connectivity index is 0.823. The number of aliphatic hydroxyl groups is 1. The molecule has 1 saturated carbocycles. The largest absolute Gasteiger partial charge is 0.369 e. The van der Waals surface area contributed by atoms with Crippen LogP contribution < -0.4 is 25.3 Å². The first kappa shape index (κ1) is 33.5. The molecule has 5 aliphatic rings. The molecule has 1 aliphatic carbocycles. The van der Waals surface area contributed by atoms with E-state index in [1.54, 1.807) is 6.20 Å². The number of ketones is 1. The molecule has 1 atom stereocenters. The van der Waals surface area contributed by atoms with Crippen molar-refractivity contribution in [2.45, 2.75) is 58.3 Å². The quantitative estimate of drug-likeness (QED) is 0.304. The molecule has 2 saturated heterocycles. The highest BCUT2D eigenvalue weighted by Crippen LogP contribution is 2.41. The summed E-state index contributed by atoms with van der Waals surface area (Å²) in [6, 6.07) is 10.4. The number of fused-ring (bicyclic) bond motifs is 2. The normalized spacial score (nSPS) is 21.6. The number of nitrogens with zero attached hydrogens (tertiary/aromatic N) is 8.